The molecule has 3 rings (SSSR count). The van der Waals surface area contributed by atoms with E-state index in [4.69, 9.17) is 4.52 Å². The third-order valence-electron chi connectivity index (χ3n) is 4.55. The highest BCUT2D eigenvalue weighted by atomic mass is 16.5. The van der Waals surface area contributed by atoms with Crippen molar-refractivity contribution >= 4 is 0 Å². The normalized spacial score (nSPS) is 22.4. The number of aliphatic hydroxyl groups is 1. The van der Waals surface area contributed by atoms with E-state index in [9.17, 15) is 5.11 Å². The van der Waals surface area contributed by atoms with Crippen LogP contribution in [-0.4, -0.2) is 39.3 Å². The fraction of sp³-hybridized carbons (Fsp3) is 0.529. The van der Waals surface area contributed by atoms with Crippen LogP contribution in [-0.2, 0) is 0 Å². The van der Waals surface area contributed by atoms with Crippen LogP contribution in [0, 0.1) is 5.92 Å². The van der Waals surface area contributed by atoms with Gasteiger partial charge in [-0.3, -0.25) is 4.90 Å². The van der Waals surface area contributed by atoms with E-state index >= 15 is 0 Å². The van der Waals surface area contributed by atoms with E-state index < -0.39 is 0 Å². The molecule has 1 aromatic heterocycles. The molecule has 3 atom stereocenters. The monoisotopic (exact) mass is 301 g/mol. The van der Waals surface area contributed by atoms with Crippen LogP contribution in [0.2, 0.25) is 0 Å². The zero-order valence-electron chi connectivity index (χ0n) is 13.1. The number of hydrogen-bond donors (Lipinski definition) is 1. The average Bonchev–Trinajstić information content (AvgIpc) is 3.05. The summed E-state index contributed by atoms with van der Waals surface area (Å²) in [4.78, 5) is 6.87. The number of likely N-dealkylation sites (tertiary alicyclic amines) is 1. The van der Waals surface area contributed by atoms with E-state index in [-0.39, 0.29) is 12.1 Å². The van der Waals surface area contributed by atoms with Crippen LogP contribution < -0.4 is 0 Å². The molecule has 1 N–H and O–H groups in total. The molecule has 1 aromatic carbocycles. The van der Waals surface area contributed by atoms with Gasteiger partial charge in [-0.05, 0) is 39.2 Å². The quantitative estimate of drug-likeness (QED) is 0.941. The molecule has 118 valence electrons. The van der Waals surface area contributed by atoms with Crippen LogP contribution in [0.1, 0.15) is 38.6 Å². The molecule has 1 aliphatic rings. The summed E-state index contributed by atoms with van der Waals surface area (Å²) in [6.45, 7) is 5.85. The Kier molecular flexibility index (Phi) is 4.55. The second-order valence-electron chi connectivity index (χ2n) is 6.14. The Morgan fingerprint density at radius 1 is 1.27 bits per heavy atom. The first-order chi connectivity index (χ1) is 10.6. The minimum atomic E-state index is -0.266. The van der Waals surface area contributed by atoms with E-state index in [1.54, 1.807) is 0 Å². The van der Waals surface area contributed by atoms with E-state index in [2.05, 4.69) is 22.0 Å². The van der Waals surface area contributed by atoms with Crippen LogP contribution >= 0.6 is 0 Å². The van der Waals surface area contributed by atoms with Gasteiger partial charge in [0.25, 0.3) is 0 Å². The highest BCUT2D eigenvalue weighted by Crippen LogP contribution is 2.28. The van der Waals surface area contributed by atoms with Crippen LogP contribution in [0.5, 0.6) is 0 Å². The maximum Gasteiger partial charge on any atom is 0.244 e. The Morgan fingerprint density at radius 2 is 2.05 bits per heavy atom. The van der Waals surface area contributed by atoms with Crippen molar-refractivity contribution < 1.29 is 9.63 Å². The fourth-order valence-corrected chi connectivity index (χ4v) is 3.05. The number of aromatic nitrogens is 2. The molecule has 5 heteroatoms. The van der Waals surface area contributed by atoms with Gasteiger partial charge >= 0.3 is 0 Å². The molecule has 0 saturated carbocycles. The largest absolute Gasteiger partial charge is 0.393 e. The summed E-state index contributed by atoms with van der Waals surface area (Å²) >= 11 is 0. The maximum atomic E-state index is 9.82. The van der Waals surface area contributed by atoms with E-state index in [0.717, 1.165) is 31.5 Å². The Labute approximate surface area is 131 Å². The average molecular weight is 301 g/mol. The van der Waals surface area contributed by atoms with Crippen LogP contribution in [0.25, 0.3) is 11.4 Å². The van der Waals surface area contributed by atoms with Crippen LogP contribution in [0.4, 0.5) is 0 Å². The Morgan fingerprint density at radius 3 is 2.77 bits per heavy atom. The lowest BCUT2D eigenvalue weighted by Gasteiger charge is -2.36. The van der Waals surface area contributed by atoms with Crippen LogP contribution in [0.3, 0.4) is 0 Å². The number of rotatable bonds is 4. The van der Waals surface area contributed by atoms with Crippen molar-refractivity contribution in [3.05, 3.63) is 36.2 Å². The molecule has 1 fully saturated rings. The summed E-state index contributed by atoms with van der Waals surface area (Å²) in [6.07, 6.45) is 1.91. The van der Waals surface area contributed by atoms with Gasteiger partial charge in [0, 0.05) is 12.1 Å². The van der Waals surface area contributed by atoms with Crippen molar-refractivity contribution in [3.8, 4) is 11.4 Å². The Bertz CT molecular complexity index is 597. The maximum absolute atomic E-state index is 9.82. The topological polar surface area (TPSA) is 62.4 Å². The molecule has 0 aliphatic carbocycles. The number of benzene rings is 1. The molecular formula is C17H23N3O2. The first-order valence-corrected chi connectivity index (χ1v) is 7.96. The minimum absolute atomic E-state index is 0.0755. The highest BCUT2D eigenvalue weighted by molar-refractivity contribution is 5.53. The summed E-state index contributed by atoms with van der Waals surface area (Å²) < 4.78 is 5.46. The first kappa shape index (κ1) is 15.2. The molecule has 0 radical (unpaired) electrons. The van der Waals surface area contributed by atoms with E-state index in [0.29, 0.717) is 17.6 Å². The van der Waals surface area contributed by atoms with Gasteiger partial charge in [0.1, 0.15) is 0 Å². The van der Waals surface area contributed by atoms with Gasteiger partial charge in [-0.1, -0.05) is 35.5 Å². The third kappa shape index (κ3) is 3.20. The van der Waals surface area contributed by atoms with Crippen molar-refractivity contribution in [2.24, 2.45) is 5.92 Å². The molecule has 2 aromatic rings. The van der Waals surface area contributed by atoms with E-state index in [1.807, 2.05) is 37.3 Å². The number of nitrogens with zero attached hydrogens (tertiary/aromatic N) is 3. The molecule has 2 heterocycles. The summed E-state index contributed by atoms with van der Waals surface area (Å²) in [5.74, 6) is 1.60. The van der Waals surface area contributed by atoms with Crippen molar-refractivity contribution in [2.45, 2.75) is 38.8 Å². The summed E-state index contributed by atoms with van der Waals surface area (Å²) in [6, 6.07) is 9.93. The van der Waals surface area contributed by atoms with Gasteiger partial charge in [0.15, 0.2) is 0 Å². The molecule has 0 bridgehead atoms. The van der Waals surface area contributed by atoms with Crippen molar-refractivity contribution in [3.63, 3.8) is 0 Å². The van der Waals surface area contributed by atoms with Gasteiger partial charge in [0.2, 0.25) is 11.7 Å². The number of aliphatic hydroxyl groups excluding tert-OH is 1. The molecule has 22 heavy (non-hydrogen) atoms. The zero-order chi connectivity index (χ0) is 15.5. The minimum Gasteiger partial charge on any atom is -0.393 e. The number of hydrogen-bond acceptors (Lipinski definition) is 5. The predicted octanol–water partition coefficient (Wildman–Crippen LogP) is 2.89. The third-order valence-corrected chi connectivity index (χ3v) is 4.55. The SMILES string of the molecule is CC(O)C1CCCN(C(C)c2nc(-c3ccccc3)no2)C1. The Balaban J connectivity index is 1.73. The van der Waals surface area contributed by atoms with Gasteiger partial charge in [0.05, 0.1) is 12.1 Å². The predicted molar refractivity (Wildman–Crippen MR) is 84.1 cm³/mol. The summed E-state index contributed by atoms with van der Waals surface area (Å²) in [5, 5.41) is 13.9. The fourth-order valence-electron chi connectivity index (χ4n) is 3.05. The molecule has 3 unspecified atom stereocenters. The Hall–Kier alpha value is -1.72. The van der Waals surface area contributed by atoms with Crippen molar-refractivity contribution in [1.82, 2.24) is 15.0 Å². The summed E-state index contributed by atoms with van der Waals surface area (Å²) in [5.41, 5.74) is 0.963. The second kappa shape index (κ2) is 6.58. The van der Waals surface area contributed by atoms with Crippen molar-refractivity contribution in [2.75, 3.05) is 13.1 Å². The lowest BCUT2D eigenvalue weighted by molar-refractivity contribution is 0.0403. The second-order valence-corrected chi connectivity index (χ2v) is 6.14. The van der Waals surface area contributed by atoms with Gasteiger partial charge < -0.3 is 9.63 Å². The van der Waals surface area contributed by atoms with Crippen molar-refractivity contribution in [1.29, 1.82) is 0 Å². The lowest BCUT2D eigenvalue weighted by atomic mass is 9.92. The van der Waals surface area contributed by atoms with Crippen LogP contribution in [0.15, 0.2) is 34.9 Å². The van der Waals surface area contributed by atoms with E-state index in [1.165, 1.54) is 0 Å². The molecule has 0 spiro atoms. The molecule has 5 nitrogen and oxygen atoms in total. The standard InChI is InChI=1S/C17H23N3O2/c1-12(20-10-6-9-15(11-20)13(2)21)17-18-16(19-22-17)14-7-4-3-5-8-14/h3-5,7-8,12-13,15,21H,6,9-11H2,1-2H3. The highest BCUT2D eigenvalue weighted by Gasteiger charge is 2.29. The van der Waals surface area contributed by atoms with Gasteiger partial charge in [-0.15, -0.1) is 0 Å². The molecule has 1 saturated heterocycles. The van der Waals surface area contributed by atoms with Gasteiger partial charge in [-0.25, -0.2) is 0 Å². The lowest BCUT2D eigenvalue weighted by Crippen LogP contribution is -2.40. The smallest absolute Gasteiger partial charge is 0.244 e. The molecular weight excluding hydrogens is 278 g/mol. The van der Waals surface area contributed by atoms with Gasteiger partial charge in [-0.2, -0.15) is 4.98 Å². The number of piperidine rings is 1. The molecule has 0 amide bonds. The first-order valence-electron chi connectivity index (χ1n) is 7.96. The summed E-state index contributed by atoms with van der Waals surface area (Å²) in [7, 11) is 0. The zero-order valence-corrected chi connectivity index (χ0v) is 13.1. The molecule has 1 aliphatic heterocycles.